The molecule has 1 saturated heterocycles. The van der Waals surface area contributed by atoms with Crippen LogP contribution in [0.3, 0.4) is 0 Å². The number of carbonyl (C=O) groups is 1. The topological polar surface area (TPSA) is 108 Å². The maximum Gasteiger partial charge on any atom is 0.237 e. The number of benzene rings is 2. The van der Waals surface area contributed by atoms with Crippen molar-refractivity contribution in [3.8, 4) is 0 Å². The SMILES string of the molecule is N[C@]1(c2ccc(Cl)cc2)[C@H](CC2CCCCC2)N[C@H](C(=O)NCC[C@H](O)CO)[C@@H]1c1cccc(Cl)c1F. The first-order valence-corrected chi connectivity index (χ1v) is 13.8. The number of aliphatic hydroxyl groups excluding tert-OH is 2. The summed E-state index contributed by atoms with van der Waals surface area (Å²) >= 11 is 12.4. The van der Waals surface area contributed by atoms with Crippen molar-refractivity contribution in [1.82, 2.24) is 10.6 Å². The summed E-state index contributed by atoms with van der Waals surface area (Å²) < 4.78 is 15.6. The average molecular weight is 553 g/mol. The lowest BCUT2D eigenvalue weighted by atomic mass is 9.69. The van der Waals surface area contributed by atoms with Gasteiger partial charge in [0.15, 0.2) is 0 Å². The van der Waals surface area contributed by atoms with Crippen LogP contribution in [-0.2, 0) is 10.3 Å². The molecule has 1 aliphatic carbocycles. The lowest BCUT2D eigenvalue weighted by Gasteiger charge is -2.39. The smallest absolute Gasteiger partial charge is 0.237 e. The number of halogens is 3. The van der Waals surface area contributed by atoms with Crippen molar-refractivity contribution in [3.63, 3.8) is 0 Å². The molecular weight excluding hydrogens is 516 g/mol. The Bertz CT molecular complexity index is 1070. The number of hydrogen-bond acceptors (Lipinski definition) is 5. The van der Waals surface area contributed by atoms with E-state index in [4.69, 9.17) is 34.0 Å². The third-order valence-corrected chi connectivity index (χ3v) is 8.57. The van der Waals surface area contributed by atoms with Crippen molar-refractivity contribution < 1.29 is 19.4 Å². The van der Waals surface area contributed by atoms with Crippen LogP contribution in [-0.4, -0.2) is 47.5 Å². The highest BCUT2D eigenvalue weighted by Gasteiger charge is 2.57. The molecule has 2 aromatic carbocycles. The number of rotatable bonds is 9. The van der Waals surface area contributed by atoms with Crippen LogP contribution in [0.2, 0.25) is 10.0 Å². The van der Waals surface area contributed by atoms with E-state index in [-0.39, 0.29) is 42.1 Å². The van der Waals surface area contributed by atoms with E-state index in [1.807, 2.05) is 12.1 Å². The van der Waals surface area contributed by atoms with E-state index in [1.54, 1.807) is 24.3 Å². The molecule has 0 spiro atoms. The number of nitrogens with two attached hydrogens (primary N) is 1. The van der Waals surface area contributed by atoms with Crippen molar-refractivity contribution in [2.75, 3.05) is 13.2 Å². The molecule has 4 rings (SSSR count). The summed E-state index contributed by atoms with van der Waals surface area (Å²) in [6, 6.07) is 10.9. The van der Waals surface area contributed by atoms with Crippen LogP contribution >= 0.6 is 23.2 Å². The molecule has 1 aliphatic heterocycles. The minimum absolute atomic E-state index is 0.0306. The Kier molecular flexibility index (Phi) is 9.48. The van der Waals surface area contributed by atoms with Gasteiger partial charge in [0.25, 0.3) is 0 Å². The fourth-order valence-corrected chi connectivity index (χ4v) is 6.38. The molecule has 1 heterocycles. The van der Waals surface area contributed by atoms with Gasteiger partial charge in [-0.25, -0.2) is 4.39 Å². The van der Waals surface area contributed by atoms with E-state index in [0.29, 0.717) is 10.9 Å². The van der Waals surface area contributed by atoms with E-state index >= 15 is 4.39 Å². The molecule has 202 valence electrons. The van der Waals surface area contributed by atoms with Crippen LogP contribution in [0, 0.1) is 11.7 Å². The molecule has 2 aliphatic rings. The van der Waals surface area contributed by atoms with Gasteiger partial charge >= 0.3 is 0 Å². The van der Waals surface area contributed by atoms with E-state index in [2.05, 4.69) is 10.6 Å². The van der Waals surface area contributed by atoms with Crippen molar-refractivity contribution in [3.05, 3.63) is 69.5 Å². The van der Waals surface area contributed by atoms with E-state index in [9.17, 15) is 9.90 Å². The van der Waals surface area contributed by atoms with Crippen LogP contribution in [0.15, 0.2) is 42.5 Å². The molecular formula is C28H36Cl2FN3O3. The summed E-state index contributed by atoms with van der Waals surface area (Å²) in [5.41, 5.74) is 7.26. The van der Waals surface area contributed by atoms with Crippen molar-refractivity contribution in [2.45, 2.75) is 74.6 Å². The Morgan fingerprint density at radius 3 is 2.54 bits per heavy atom. The minimum Gasteiger partial charge on any atom is -0.394 e. The quantitative estimate of drug-likeness (QED) is 0.320. The van der Waals surface area contributed by atoms with Crippen LogP contribution in [0.1, 0.15) is 62.0 Å². The van der Waals surface area contributed by atoms with Gasteiger partial charge < -0.3 is 26.6 Å². The van der Waals surface area contributed by atoms with Crippen LogP contribution in [0.4, 0.5) is 4.39 Å². The fourth-order valence-electron chi connectivity index (χ4n) is 6.07. The monoisotopic (exact) mass is 551 g/mol. The predicted octanol–water partition coefficient (Wildman–Crippen LogP) is 4.24. The van der Waals surface area contributed by atoms with E-state index in [1.165, 1.54) is 25.3 Å². The van der Waals surface area contributed by atoms with Gasteiger partial charge in [0.05, 0.1) is 29.3 Å². The molecule has 5 atom stereocenters. The van der Waals surface area contributed by atoms with E-state index < -0.39 is 29.4 Å². The minimum atomic E-state index is -1.12. The normalized spacial score (nSPS) is 27.2. The fraction of sp³-hybridized carbons (Fsp3) is 0.536. The summed E-state index contributed by atoms with van der Waals surface area (Å²) in [6.45, 7) is -0.227. The Morgan fingerprint density at radius 2 is 1.86 bits per heavy atom. The Balaban J connectivity index is 1.76. The highest BCUT2D eigenvalue weighted by molar-refractivity contribution is 6.31. The summed E-state index contributed by atoms with van der Waals surface area (Å²) in [5.74, 6) is -1.24. The highest BCUT2D eigenvalue weighted by atomic mass is 35.5. The van der Waals surface area contributed by atoms with Gasteiger partial charge in [0.2, 0.25) is 5.91 Å². The molecule has 0 radical (unpaired) electrons. The molecule has 37 heavy (non-hydrogen) atoms. The van der Waals surface area contributed by atoms with Gasteiger partial charge in [-0.2, -0.15) is 0 Å². The molecule has 6 N–H and O–H groups in total. The summed E-state index contributed by atoms with van der Waals surface area (Å²) in [4.78, 5) is 13.6. The molecule has 9 heteroatoms. The third-order valence-electron chi connectivity index (χ3n) is 8.03. The van der Waals surface area contributed by atoms with Gasteiger partial charge in [0.1, 0.15) is 5.82 Å². The molecule has 0 bridgehead atoms. The lowest BCUT2D eigenvalue weighted by molar-refractivity contribution is -0.123. The summed E-state index contributed by atoms with van der Waals surface area (Å²) in [7, 11) is 0. The first-order valence-electron chi connectivity index (χ1n) is 13.1. The Morgan fingerprint density at radius 1 is 1.16 bits per heavy atom. The van der Waals surface area contributed by atoms with Crippen molar-refractivity contribution in [1.29, 1.82) is 0 Å². The summed E-state index contributed by atoms with van der Waals surface area (Å²) in [5, 5.41) is 25.7. The second kappa shape index (κ2) is 12.4. The molecule has 6 nitrogen and oxygen atoms in total. The average Bonchev–Trinajstić information content (AvgIpc) is 3.19. The molecule has 1 amide bonds. The molecule has 0 aromatic heterocycles. The van der Waals surface area contributed by atoms with Crippen molar-refractivity contribution in [2.24, 2.45) is 11.7 Å². The number of nitrogens with one attached hydrogen (secondary N) is 2. The summed E-state index contributed by atoms with van der Waals surface area (Å²) in [6.07, 6.45) is 5.77. The number of aliphatic hydroxyl groups is 2. The van der Waals surface area contributed by atoms with Crippen LogP contribution in [0.5, 0.6) is 0 Å². The first-order chi connectivity index (χ1) is 17.8. The van der Waals surface area contributed by atoms with Gasteiger partial charge in [-0.05, 0) is 48.1 Å². The largest absolute Gasteiger partial charge is 0.394 e. The zero-order valence-corrected chi connectivity index (χ0v) is 22.3. The number of hydrogen-bond donors (Lipinski definition) is 5. The Hall–Kier alpha value is -1.74. The number of amides is 1. The third kappa shape index (κ3) is 6.13. The predicted molar refractivity (Wildman–Crippen MR) is 144 cm³/mol. The highest BCUT2D eigenvalue weighted by Crippen LogP contribution is 2.49. The first kappa shape index (κ1) is 28.3. The van der Waals surface area contributed by atoms with Gasteiger partial charge in [-0.1, -0.05) is 79.6 Å². The lowest BCUT2D eigenvalue weighted by Crippen LogP contribution is -2.51. The van der Waals surface area contributed by atoms with Gasteiger partial charge in [-0.3, -0.25) is 4.79 Å². The van der Waals surface area contributed by atoms with Gasteiger partial charge in [-0.15, -0.1) is 0 Å². The Labute approximate surface area is 227 Å². The van der Waals surface area contributed by atoms with Crippen LogP contribution < -0.4 is 16.4 Å². The van der Waals surface area contributed by atoms with Crippen LogP contribution in [0.25, 0.3) is 0 Å². The van der Waals surface area contributed by atoms with Gasteiger partial charge in [0, 0.05) is 23.5 Å². The second-order valence-corrected chi connectivity index (χ2v) is 11.3. The number of carbonyl (C=O) groups excluding carboxylic acids is 1. The maximum atomic E-state index is 15.6. The molecule has 2 fully saturated rings. The second-order valence-electron chi connectivity index (χ2n) is 10.4. The van der Waals surface area contributed by atoms with Crippen molar-refractivity contribution >= 4 is 29.1 Å². The van der Waals surface area contributed by atoms with E-state index in [0.717, 1.165) is 24.8 Å². The molecule has 2 aromatic rings. The standard InChI is InChI=1S/C28H36Cl2FN3O3/c29-19-11-9-18(10-12-19)28(32)23(15-17-5-2-1-3-6-17)34-26(27(37)33-14-13-20(36)16-35)24(28)21-7-4-8-22(30)25(21)31/h4,7-12,17,20,23-24,26,34-36H,1-3,5-6,13-16,32H2,(H,33,37)/t20-,23-,24-,26-,28+/m0/s1. The maximum absolute atomic E-state index is 15.6. The molecule has 1 saturated carbocycles. The zero-order chi connectivity index (χ0) is 26.6. The zero-order valence-electron chi connectivity index (χ0n) is 20.8. The molecule has 0 unspecified atom stereocenters.